The van der Waals surface area contributed by atoms with E-state index in [0.717, 1.165) is 13.0 Å². The molecule has 0 amide bonds. The van der Waals surface area contributed by atoms with Crippen molar-refractivity contribution in [1.82, 2.24) is 0 Å². The molecule has 0 aliphatic heterocycles. The molecule has 0 spiro atoms. The number of ether oxygens (including phenoxy) is 3. The Balaban J connectivity index is 1.74. The van der Waals surface area contributed by atoms with Gasteiger partial charge in [-0.15, -0.1) is 0 Å². The Kier molecular flexibility index (Phi) is 15.0. The van der Waals surface area contributed by atoms with Crippen LogP contribution in [0.15, 0.2) is 24.3 Å². The van der Waals surface area contributed by atoms with Crippen LogP contribution in [0.4, 0.5) is 5.69 Å². The number of hydrogen-bond donors (Lipinski definition) is 1. The molecule has 0 heterocycles. The van der Waals surface area contributed by atoms with Crippen molar-refractivity contribution in [2.45, 2.75) is 71.1 Å². The fraction of sp³-hybridized carbons (Fsp3) is 0.727. The first-order valence-electron chi connectivity index (χ1n) is 10.5. The largest absolute Gasteiger partial charge is 0.489 e. The van der Waals surface area contributed by atoms with Gasteiger partial charge in [0.15, 0.2) is 0 Å². The second kappa shape index (κ2) is 17.2. The molecule has 0 aliphatic rings. The first-order chi connectivity index (χ1) is 12.8. The van der Waals surface area contributed by atoms with Crippen molar-refractivity contribution in [3.05, 3.63) is 24.3 Å². The van der Waals surface area contributed by atoms with Gasteiger partial charge in [-0.2, -0.15) is 0 Å². The van der Waals surface area contributed by atoms with E-state index in [4.69, 9.17) is 19.9 Å². The zero-order valence-electron chi connectivity index (χ0n) is 16.7. The summed E-state index contributed by atoms with van der Waals surface area (Å²) in [6.45, 7) is 5.45. The fourth-order valence-corrected chi connectivity index (χ4v) is 2.84. The van der Waals surface area contributed by atoms with E-state index in [1.54, 1.807) is 0 Å². The number of anilines is 1. The van der Waals surface area contributed by atoms with Crippen LogP contribution in [0.2, 0.25) is 0 Å². The molecular weight excluding hydrogens is 326 g/mol. The van der Waals surface area contributed by atoms with Crippen molar-refractivity contribution in [2.24, 2.45) is 0 Å². The molecule has 0 bridgehead atoms. The van der Waals surface area contributed by atoms with Crippen LogP contribution in [0.3, 0.4) is 0 Å². The highest BCUT2D eigenvalue weighted by Crippen LogP contribution is 2.19. The first-order valence-corrected chi connectivity index (χ1v) is 10.5. The summed E-state index contributed by atoms with van der Waals surface area (Å²) in [5.74, 6) is 0.716. The number of benzene rings is 1. The molecule has 0 fully saturated rings. The Hall–Kier alpha value is -1.26. The number of nitrogens with two attached hydrogens (primary N) is 1. The van der Waals surface area contributed by atoms with Gasteiger partial charge in [-0.05, 0) is 18.6 Å². The van der Waals surface area contributed by atoms with Crippen LogP contribution < -0.4 is 10.5 Å². The predicted octanol–water partition coefficient (Wildman–Crippen LogP) is 5.60. The van der Waals surface area contributed by atoms with Gasteiger partial charge in [0.1, 0.15) is 12.4 Å². The van der Waals surface area contributed by atoms with Gasteiger partial charge in [0, 0.05) is 6.61 Å². The monoisotopic (exact) mass is 365 g/mol. The van der Waals surface area contributed by atoms with Crippen molar-refractivity contribution in [3.63, 3.8) is 0 Å². The molecule has 1 aromatic carbocycles. The normalized spacial score (nSPS) is 11.0. The van der Waals surface area contributed by atoms with Gasteiger partial charge in [0.05, 0.1) is 25.5 Å². The molecule has 0 saturated carbocycles. The summed E-state index contributed by atoms with van der Waals surface area (Å²) in [4.78, 5) is 0. The van der Waals surface area contributed by atoms with Crippen molar-refractivity contribution in [3.8, 4) is 5.75 Å². The van der Waals surface area contributed by atoms with Gasteiger partial charge in [-0.3, -0.25) is 0 Å². The summed E-state index contributed by atoms with van der Waals surface area (Å²) in [7, 11) is 0. The second-order valence-electron chi connectivity index (χ2n) is 6.79. The van der Waals surface area contributed by atoms with E-state index in [1.165, 1.54) is 57.8 Å². The third-order valence-corrected chi connectivity index (χ3v) is 4.42. The molecule has 0 aliphatic carbocycles. The van der Waals surface area contributed by atoms with Gasteiger partial charge in [0.25, 0.3) is 0 Å². The zero-order chi connectivity index (χ0) is 18.7. The lowest BCUT2D eigenvalue weighted by Gasteiger charge is -2.09. The zero-order valence-corrected chi connectivity index (χ0v) is 16.7. The topological polar surface area (TPSA) is 53.7 Å². The quantitative estimate of drug-likeness (QED) is 0.272. The molecule has 4 nitrogen and oxygen atoms in total. The van der Waals surface area contributed by atoms with Gasteiger partial charge < -0.3 is 19.9 Å². The molecule has 1 rings (SSSR count). The number of nitrogen functional groups attached to an aromatic ring is 1. The van der Waals surface area contributed by atoms with Crippen LogP contribution in [0, 0.1) is 0 Å². The van der Waals surface area contributed by atoms with Crippen LogP contribution in [0.5, 0.6) is 5.75 Å². The smallest absolute Gasteiger partial charge is 0.142 e. The van der Waals surface area contributed by atoms with Gasteiger partial charge in [0.2, 0.25) is 0 Å². The Labute approximate surface area is 160 Å². The van der Waals surface area contributed by atoms with E-state index in [2.05, 4.69) is 6.92 Å². The number of hydrogen-bond acceptors (Lipinski definition) is 4. The van der Waals surface area contributed by atoms with Gasteiger partial charge >= 0.3 is 0 Å². The van der Waals surface area contributed by atoms with Crippen LogP contribution in [0.25, 0.3) is 0 Å². The summed E-state index contributed by atoms with van der Waals surface area (Å²) >= 11 is 0. The molecule has 0 saturated heterocycles. The van der Waals surface area contributed by atoms with E-state index < -0.39 is 0 Å². The summed E-state index contributed by atoms with van der Waals surface area (Å²) in [5, 5.41) is 0. The van der Waals surface area contributed by atoms with E-state index in [-0.39, 0.29) is 0 Å². The maximum absolute atomic E-state index is 5.81. The lowest BCUT2D eigenvalue weighted by molar-refractivity contribution is 0.0353. The molecule has 2 N–H and O–H groups in total. The minimum Gasteiger partial charge on any atom is -0.489 e. The maximum atomic E-state index is 5.81. The van der Waals surface area contributed by atoms with Crippen molar-refractivity contribution in [2.75, 3.05) is 38.8 Å². The molecular formula is C22H39NO3. The minimum atomic E-state index is 0.507. The third-order valence-electron chi connectivity index (χ3n) is 4.42. The molecule has 0 atom stereocenters. The number of para-hydroxylation sites is 2. The highest BCUT2D eigenvalue weighted by Gasteiger charge is 1.98. The lowest BCUT2D eigenvalue weighted by Crippen LogP contribution is -2.11. The minimum absolute atomic E-state index is 0.507. The van der Waals surface area contributed by atoms with Crippen LogP contribution in [0.1, 0.15) is 71.1 Å². The summed E-state index contributed by atoms with van der Waals surface area (Å²) in [6, 6.07) is 7.50. The first kappa shape index (κ1) is 22.8. The molecule has 0 aromatic heterocycles. The van der Waals surface area contributed by atoms with E-state index >= 15 is 0 Å². The maximum Gasteiger partial charge on any atom is 0.142 e. The fourth-order valence-electron chi connectivity index (χ4n) is 2.84. The van der Waals surface area contributed by atoms with E-state index in [9.17, 15) is 0 Å². The second-order valence-corrected chi connectivity index (χ2v) is 6.79. The van der Waals surface area contributed by atoms with E-state index in [0.29, 0.717) is 37.9 Å². The summed E-state index contributed by atoms with van der Waals surface area (Å²) in [6.07, 6.45) is 13.5. The Morgan fingerprint density at radius 3 is 1.85 bits per heavy atom. The van der Waals surface area contributed by atoms with Crippen LogP contribution in [-0.4, -0.2) is 33.0 Å². The average Bonchev–Trinajstić information content (AvgIpc) is 2.65. The Bertz CT molecular complexity index is 426. The van der Waals surface area contributed by atoms with Gasteiger partial charge in [-0.25, -0.2) is 0 Å². The highest BCUT2D eigenvalue weighted by atomic mass is 16.5. The molecule has 150 valence electrons. The average molecular weight is 366 g/mol. The standard InChI is InChI=1S/C22H39NO3/c1-2-3-4-5-6-7-8-9-10-13-16-24-17-18-25-19-20-26-22-15-12-11-14-21(22)23/h11-12,14-15H,2-10,13,16-20,23H2,1H3. The number of unbranched alkanes of at least 4 members (excludes halogenated alkanes) is 9. The molecule has 26 heavy (non-hydrogen) atoms. The van der Waals surface area contributed by atoms with Crippen molar-refractivity contribution >= 4 is 5.69 Å². The molecule has 4 heteroatoms. The van der Waals surface area contributed by atoms with E-state index in [1.807, 2.05) is 24.3 Å². The highest BCUT2D eigenvalue weighted by molar-refractivity contribution is 5.51. The summed E-state index contributed by atoms with van der Waals surface area (Å²) < 4.78 is 16.7. The third kappa shape index (κ3) is 13.0. The lowest BCUT2D eigenvalue weighted by atomic mass is 10.1. The Morgan fingerprint density at radius 2 is 1.19 bits per heavy atom. The SMILES string of the molecule is CCCCCCCCCCCCOCCOCCOc1ccccc1N. The van der Waals surface area contributed by atoms with Crippen LogP contribution in [-0.2, 0) is 9.47 Å². The number of rotatable bonds is 18. The summed E-state index contributed by atoms with van der Waals surface area (Å²) in [5.41, 5.74) is 6.47. The molecule has 0 unspecified atom stereocenters. The Morgan fingerprint density at radius 1 is 0.654 bits per heavy atom. The predicted molar refractivity (Wildman–Crippen MR) is 110 cm³/mol. The molecule has 0 radical (unpaired) electrons. The van der Waals surface area contributed by atoms with Crippen molar-refractivity contribution < 1.29 is 14.2 Å². The van der Waals surface area contributed by atoms with Gasteiger partial charge in [-0.1, -0.05) is 76.8 Å². The van der Waals surface area contributed by atoms with Crippen molar-refractivity contribution in [1.29, 1.82) is 0 Å². The van der Waals surface area contributed by atoms with Crippen LogP contribution >= 0.6 is 0 Å². The molecule has 1 aromatic rings.